The van der Waals surface area contributed by atoms with E-state index in [1.54, 1.807) is 12.1 Å². The van der Waals surface area contributed by atoms with E-state index in [-0.39, 0.29) is 11.9 Å². The molecule has 2 aromatic carbocycles. The van der Waals surface area contributed by atoms with Crippen LogP contribution in [0.5, 0.6) is 0 Å². The summed E-state index contributed by atoms with van der Waals surface area (Å²) in [5.41, 5.74) is 1.89. The molecule has 6 nitrogen and oxygen atoms in total. The van der Waals surface area contributed by atoms with E-state index in [1.807, 2.05) is 42.5 Å². The number of nitriles is 2. The van der Waals surface area contributed by atoms with E-state index in [0.717, 1.165) is 24.3 Å². The van der Waals surface area contributed by atoms with Crippen molar-refractivity contribution >= 4 is 5.69 Å². The van der Waals surface area contributed by atoms with Crippen molar-refractivity contribution in [2.75, 3.05) is 31.6 Å². The minimum absolute atomic E-state index is 0.0673. The fourth-order valence-electron chi connectivity index (χ4n) is 3.30. The molecule has 2 unspecified atom stereocenters. The van der Waals surface area contributed by atoms with Crippen LogP contribution in [0.25, 0.3) is 0 Å². The van der Waals surface area contributed by atoms with Gasteiger partial charge in [-0.25, -0.2) is 4.39 Å². The Hall–Kier alpha value is -2.97. The lowest BCUT2D eigenvalue weighted by molar-refractivity contribution is -0.0309. The largest absolute Gasteiger partial charge is 0.374 e. The van der Waals surface area contributed by atoms with Crippen molar-refractivity contribution in [3.8, 4) is 12.1 Å². The van der Waals surface area contributed by atoms with Gasteiger partial charge in [0.05, 0.1) is 24.8 Å². The van der Waals surface area contributed by atoms with Crippen LogP contribution in [-0.2, 0) is 11.3 Å². The van der Waals surface area contributed by atoms with Crippen LogP contribution in [-0.4, -0.2) is 43.4 Å². The van der Waals surface area contributed by atoms with Crippen molar-refractivity contribution in [3.05, 3.63) is 66.0 Å². The number of anilines is 1. The van der Waals surface area contributed by atoms with Crippen LogP contribution in [0.15, 0.2) is 54.6 Å². The van der Waals surface area contributed by atoms with E-state index in [2.05, 4.69) is 15.5 Å². The molecule has 0 radical (unpaired) electrons. The molecule has 150 valence electrons. The highest BCUT2D eigenvalue weighted by atomic mass is 19.1. The lowest BCUT2D eigenvalue weighted by Crippen LogP contribution is -2.50. The monoisotopic (exact) mass is 393 g/mol. The molecule has 1 saturated heterocycles. The normalized spacial score (nSPS) is 18.0. The first-order valence-electron chi connectivity index (χ1n) is 9.60. The van der Waals surface area contributed by atoms with Crippen molar-refractivity contribution in [2.45, 2.75) is 18.8 Å². The van der Waals surface area contributed by atoms with Crippen molar-refractivity contribution in [2.24, 2.45) is 5.92 Å². The second-order valence-corrected chi connectivity index (χ2v) is 6.99. The Bertz CT molecular complexity index is 832. The highest BCUT2D eigenvalue weighted by Crippen LogP contribution is 2.13. The molecule has 0 aliphatic carbocycles. The predicted molar refractivity (Wildman–Crippen MR) is 108 cm³/mol. The maximum Gasteiger partial charge on any atom is 0.166 e. The van der Waals surface area contributed by atoms with Gasteiger partial charge in [0, 0.05) is 31.9 Å². The molecular weight excluding hydrogens is 369 g/mol. The lowest BCUT2D eigenvalue weighted by Gasteiger charge is -2.34. The number of ether oxygens (including phenoxy) is 1. The summed E-state index contributed by atoms with van der Waals surface area (Å²) in [5.74, 6) is -1.08. The van der Waals surface area contributed by atoms with Crippen molar-refractivity contribution < 1.29 is 9.13 Å². The van der Waals surface area contributed by atoms with Gasteiger partial charge in [-0.3, -0.25) is 10.2 Å². The highest BCUT2D eigenvalue weighted by molar-refractivity contribution is 5.44. The molecule has 2 aromatic rings. The summed E-state index contributed by atoms with van der Waals surface area (Å²) in [5, 5.41) is 25.1. The Morgan fingerprint density at radius 3 is 2.52 bits per heavy atom. The van der Waals surface area contributed by atoms with Crippen LogP contribution in [0.1, 0.15) is 5.56 Å². The predicted octanol–water partition coefficient (Wildman–Crippen LogP) is 2.72. The Morgan fingerprint density at radius 2 is 1.83 bits per heavy atom. The molecule has 1 fully saturated rings. The number of nitrogens with zero attached hydrogens (tertiary/aromatic N) is 3. The maximum atomic E-state index is 13.1. The van der Waals surface area contributed by atoms with Gasteiger partial charge in [0.2, 0.25) is 0 Å². The molecule has 7 heteroatoms. The van der Waals surface area contributed by atoms with E-state index in [1.165, 1.54) is 12.1 Å². The van der Waals surface area contributed by atoms with Gasteiger partial charge < -0.3 is 10.1 Å². The average Bonchev–Trinajstić information content (AvgIpc) is 2.75. The molecule has 29 heavy (non-hydrogen) atoms. The number of halogens is 1. The zero-order valence-corrected chi connectivity index (χ0v) is 16.1. The van der Waals surface area contributed by atoms with Crippen LogP contribution >= 0.6 is 0 Å². The second kappa shape index (κ2) is 10.5. The van der Waals surface area contributed by atoms with E-state index < -0.39 is 12.1 Å². The summed E-state index contributed by atoms with van der Waals surface area (Å²) in [6, 6.07) is 20.1. The first kappa shape index (κ1) is 20.8. The van der Waals surface area contributed by atoms with Crippen LogP contribution in [0.3, 0.4) is 0 Å². The third kappa shape index (κ3) is 6.27. The number of para-hydroxylation sites is 1. The molecule has 1 aliphatic heterocycles. The Balaban J connectivity index is 1.56. The summed E-state index contributed by atoms with van der Waals surface area (Å²) in [7, 11) is 0. The highest BCUT2D eigenvalue weighted by Gasteiger charge is 2.25. The standard InChI is InChI=1S/C22H24FN5O/c23-19-8-6-17(7-9-19)15-28-10-11-29-21(16-28)14-26-22(18(12-24)13-25)27-20-4-2-1-3-5-20/h1-9,18,21-22,26-27H,10-11,14-16H2. The number of hydrogen-bond donors (Lipinski definition) is 2. The van der Waals surface area contributed by atoms with Crippen molar-refractivity contribution in [1.29, 1.82) is 10.5 Å². The van der Waals surface area contributed by atoms with Gasteiger partial charge in [-0.2, -0.15) is 10.5 Å². The third-order valence-electron chi connectivity index (χ3n) is 4.82. The quantitative estimate of drug-likeness (QED) is 0.671. The molecule has 2 N–H and O–H groups in total. The maximum absolute atomic E-state index is 13.1. The summed E-state index contributed by atoms with van der Waals surface area (Å²) in [4.78, 5) is 2.26. The summed E-state index contributed by atoms with van der Waals surface area (Å²) in [6.07, 6.45) is -0.578. The topological polar surface area (TPSA) is 84.1 Å². The van der Waals surface area contributed by atoms with Gasteiger partial charge in [0.15, 0.2) is 5.92 Å². The molecule has 0 amide bonds. The van der Waals surface area contributed by atoms with Gasteiger partial charge >= 0.3 is 0 Å². The van der Waals surface area contributed by atoms with Crippen molar-refractivity contribution in [3.63, 3.8) is 0 Å². The minimum Gasteiger partial charge on any atom is -0.374 e. The van der Waals surface area contributed by atoms with Gasteiger partial charge in [0.1, 0.15) is 12.0 Å². The van der Waals surface area contributed by atoms with Gasteiger partial charge in [-0.15, -0.1) is 0 Å². The summed E-state index contributed by atoms with van der Waals surface area (Å²) < 4.78 is 18.9. The Morgan fingerprint density at radius 1 is 1.10 bits per heavy atom. The molecular formula is C22H24FN5O. The summed E-state index contributed by atoms with van der Waals surface area (Å²) in [6.45, 7) is 3.35. The third-order valence-corrected chi connectivity index (χ3v) is 4.82. The summed E-state index contributed by atoms with van der Waals surface area (Å²) >= 11 is 0. The van der Waals surface area contributed by atoms with E-state index in [0.29, 0.717) is 19.7 Å². The molecule has 0 spiro atoms. The Kier molecular flexibility index (Phi) is 7.54. The molecule has 0 bridgehead atoms. The van der Waals surface area contributed by atoms with Gasteiger partial charge in [-0.05, 0) is 29.8 Å². The number of rotatable bonds is 8. The van der Waals surface area contributed by atoms with E-state index in [9.17, 15) is 14.9 Å². The fourth-order valence-corrected chi connectivity index (χ4v) is 3.30. The minimum atomic E-state index is -0.839. The van der Waals surface area contributed by atoms with Gasteiger partial charge in [-0.1, -0.05) is 30.3 Å². The lowest BCUT2D eigenvalue weighted by atomic mass is 10.1. The molecule has 0 saturated carbocycles. The number of benzene rings is 2. The molecule has 2 atom stereocenters. The van der Waals surface area contributed by atoms with Gasteiger partial charge in [0.25, 0.3) is 0 Å². The molecule has 3 rings (SSSR count). The smallest absolute Gasteiger partial charge is 0.166 e. The molecule has 0 aromatic heterocycles. The van der Waals surface area contributed by atoms with Crippen LogP contribution < -0.4 is 10.6 Å². The second-order valence-electron chi connectivity index (χ2n) is 6.99. The molecule has 1 aliphatic rings. The van der Waals surface area contributed by atoms with Crippen molar-refractivity contribution in [1.82, 2.24) is 10.2 Å². The first-order chi connectivity index (χ1) is 14.2. The zero-order valence-electron chi connectivity index (χ0n) is 16.1. The number of morpholine rings is 1. The molecule has 1 heterocycles. The van der Waals surface area contributed by atoms with Crippen LogP contribution in [0.4, 0.5) is 10.1 Å². The number of nitrogens with one attached hydrogen (secondary N) is 2. The van der Waals surface area contributed by atoms with Crippen LogP contribution in [0, 0.1) is 34.4 Å². The average molecular weight is 393 g/mol. The van der Waals surface area contributed by atoms with E-state index in [4.69, 9.17) is 4.74 Å². The SMILES string of the molecule is N#CC(C#N)C(NCC1CN(Cc2ccc(F)cc2)CCO1)Nc1ccccc1. The zero-order chi connectivity index (χ0) is 20.5. The van der Waals surface area contributed by atoms with E-state index >= 15 is 0 Å². The van der Waals surface area contributed by atoms with Crippen LogP contribution in [0.2, 0.25) is 0 Å². The first-order valence-corrected chi connectivity index (χ1v) is 9.60. The Labute approximate surface area is 170 Å². The number of hydrogen-bond acceptors (Lipinski definition) is 6. The fraction of sp³-hybridized carbons (Fsp3) is 0.364.